The predicted molar refractivity (Wildman–Crippen MR) is 89.2 cm³/mol. The molecule has 0 N–H and O–H groups in total. The number of aryl methyl sites for hydroxylation is 2. The van der Waals surface area contributed by atoms with E-state index in [4.69, 9.17) is 0 Å². The van der Waals surface area contributed by atoms with Crippen LogP contribution in [0.2, 0.25) is 0 Å². The van der Waals surface area contributed by atoms with Gasteiger partial charge in [0.1, 0.15) is 5.39 Å². The Labute approximate surface area is 142 Å². The van der Waals surface area contributed by atoms with Crippen molar-refractivity contribution in [3.8, 4) is 0 Å². The minimum absolute atomic E-state index is 0.180. The summed E-state index contributed by atoms with van der Waals surface area (Å²) in [5, 5.41) is 4.48. The molecule has 0 saturated carbocycles. The number of rotatable bonds is 4. The average Bonchev–Trinajstić information content (AvgIpc) is 3.11. The van der Waals surface area contributed by atoms with Crippen molar-refractivity contribution in [1.82, 2.24) is 24.2 Å². The van der Waals surface area contributed by atoms with Crippen molar-refractivity contribution in [1.29, 1.82) is 0 Å². The smallest absolute Gasteiger partial charge is 0.264 e. The number of aromatic nitrogens is 4. The minimum Gasteiger partial charge on any atom is -0.299 e. The van der Waals surface area contributed by atoms with E-state index in [0.29, 0.717) is 35.1 Å². The summed E-state index contributed by atoms with van der Waals surface area (Å²) in [5.74, 6) is -0.567. The molecule has 2 amide bonds. The molecule has 1 aliphatic heterocycles. The molecule has 0 atom stereocenters. The fraction of sp³-hybridized carbons (Fsp3) is 0.235. The molecule has 0 bridgehead atoms. The molecule has 0 fully saturated rings. The van der Waals surface area contributed by atoms with Gasteiger partial charge in [-0.15, -0.1) is 0 Å². The summed E-state index contributed by atoms with van der Waals surface area (Å²) in [5.41, 5.74) is 1.22. The lowest BCUT2D eigenvalue weighted by Gasteiger charge is -2.14. The van der Waals surface area contributed by atoms with Gasteiger partial charge in [-0.05, 0) is 18.6 Å². The van der Waals surface area contributed by atoms with Gasteiger partial charge in [0, 0.05) is 20.1 Å². The number of fused-ring (bicyclic) bond motifs is 2. The van der Waals surface area contributed by atoms with Crippen LogP contribution in [0.1, 0.15) is 27.1 Å². The molecule has 1 aliphatic rings. The van der Waals surface area contributed by atoms with Gasteiger partial charge in [0.15, 0.2) is 5.65 Å². The zero-order valence-corrected chi connectivity index (χ0v) is 13.5. The molecular formula is C17H15N5O3. The maximum absolute atomic E-state index is 12.4. The number of nitrogens with zero attached hydrogens (tertiary/aromatic N) is 5. The van der Waals surface area contributed by atoms with Gasteiger partial charge in [0.05, 0.1) is 23.7 Å². The highest BCUT2D eigenvalue weighted by molar-refractivity contribution is 6.21. The topological polar surface area (TPSA) is 90.1 Å². The summed E-state index contributed by atoms with van der Waals surface area (Å²) in [7, 11) is 1.72. The third-order valence-electron chi connectivity index (χ3n) is 4.38. The molecule has 4 rings (SSSR count). The summed E-state index contributed by atoms with van der Waals surface area (Å²) in [6, 6.07) is 6.78. The first kappa shape index (κ1) is 15.3. The molecule has 3 heterocycles. The van der Waals surface area contributed by atoms with Crippen LogP contribution in [-0.2, 0) is 13.6 Å². The second kappa shape index (κ2) is 5.66. The van der Waals surface area contributed by atoms with E-state index in [1.165, 1.54) is 22.0 Å². The molecule has 8 heteroatoms. The molecule has 3 aromatic rings. The fourth-order valence-electron chi connectivity index (χ4n) is 3.07. The van der Waals surface area contributed by atoms with E-state index in [1.54, 1.807) is 36.0 Å². The van der Waals surface area contributed by atoms with Gasteiger partial charge in [-0.25, -0.2) is 4.98 Å². The molecule has 0 radical (unpaired) electrons. The number of imide groups is 1. The zero-order chi connectivity index (χ0) is 17.6. The lowest BCUT2D eigenvalue weighted by Crippen LogP contribution is -2.32. The summed E-state index contributed by atoms with van der Waals surface area (Å²) >= 11 is 0. The Hall–Kier alpha value is -3.29. The second-order valence-corrected chi connectivity index (χ2v) is 5.91. The van der Waals surface area contributed by atoms with Gasteiger partial charge in [0.2, 0.25) is 0 Å². The van der Waals surface area contributed by atoms with Crippen LogP contribution >= 0.6 is 0 Å². The Balaban J connectivity index is 1.49. The Morgan fingerprint density at radius 3 is 2.36 bits per heavy atom. The number of hydrogen-bond donors (Lipinski definition) is 0. The first-order valence-electron chi connectivity index (χ1n) is 7.90. The van der Waals surface area contributed by atoms with Crippen LogP contribution in [0.3, 0.4) is 0 Å². The predicted octanol–water partition coefficient (Wildman–Crippen LogP) is 0.816. The monoisotopic (exact) mass is 337 g/mol. The number of carbonyl (C=O) groups excluding carboxylic acids is 2. The van der Waals surface area contributed by atoms with Crippen LogP contribution in [0.15, 0.2) is 41.6 Å². The second-order valence-electron chi connectivity index (χ2n) is 5.91. The van der Waals surface area contributed by atoms with Gasteiger partial charge in [-0.1, -0.05) is 12.1 Å². The average molecular weight is 337 g/mol. The zero-order valence-electron chi connectivity index (χ0n) is 13.5. The highest BCUT2D eigenvalue weighted by atomic mass is 16.2. The van der Waals surface area contributed by atoms with Gasteiger partial charge >= 0.3 is 0 Å². The number of benzene rings is 1. The molecule has 0 saturated heterocycles. The van der Waals surface area contributed by atoms with Crippen molar-refractivity contribution in [3.63, 3.8) is 0 Å². The third-order valence-corrected chi connectivity index (χ3v) is 4.38. The number of hydrogen-bond acceptors (Lipinski definition) is 5. The molecule has 1 aromatic carbocycles. The van der Waals surface area contributed by atoms with E-state index >= 15 is 0 Å². The lowest BCUT2D eigenvalue weighted by atomic mass is 10.1. The molecule has 2 aromatic heterocycles. The maximum atomic E-state index is 12.4. The highest BCUT2D eigenvalue weighted by Gasteiger charge is 2.34. The van der Waals surface area contributed by atoms with E-state index in [1.807, 2.05) is 0 Å². The van der Waals surface area contributed by atoms with E-state index < -0.39 is 0 Å². The quantitative estimate of drug-likeness (QED) is 0.657. The van der Waals surface area contributed by atoms with Crippen molar-refractivity contribution >= 4 is 22.8 Å². The van der Waals surface area contributed by atoms with Crippen LogP contribution < -0.4 is 5.56 Å². The Morgan fingerprint density at radius 1 is 1.00 bits per heavy atom. The normalized spacial score (nSPS) is 13.7. The standard InChI is InChI=1S/C17H15N5O3/c1-20-14-13(9-19-20)15(23)21(10-18-14)7-4-8-22-16(24)11-5-2-3-6-12(11)17(22)25/h2-3,5-6,9-10H,4,7-8H2,1H3. The van der Waals surface area contributed by atoms with Crippen LogP contribution in [0.25, 0.3) is 11.0 Å². The Bertz CT molecular complexity index is 1030. The SMILES string of the molecule is Cn1ncc2c(=O)n(CCCN3C(=O)c4ccccc4C3=O)cnc21. The van der Waals surface area contributed by atoms with Gasteiger partial charge in [-0.3, -0.25) is 28.5 Å². The van der Waals surface area contributed by atoms with Crippen molar-refractivity contribution in [2.45, 2.75) is 13.0 Å². The van der Waals surface area contributed by atoms with Gasteiger partial charge in [-0.2, -0.15) is 5.10 Å². The van der Waals surface area contributed by atoms with E-state index in [9.17, 15) is 14.4 Å². The summed E-state index contributed by atoms with van der Waals surface area (Å²) in [6.07, 6.45) is 3.43. The highest BCUT2D eigenvalue weighted by Crippen LogP contribution is 2.22. The molecule has 126 valence electrons. The summed E-state index contributed by atoms with van der Waals surface area (Å²) in [6.45, 7) is 0.619. The Kier molecular flexibility index (Phi) is 3.45. The van der Waals surface area contributed by atoms with Crippen molar-refractivity contribution < 1.29 is 9.59 Å². The van der Waals surface area contributed by atoms with Gasteiger partial charge < -0.3 is 0 Å². The molecule has 0 spiro atoms. The third kappa shape index (κ3) is 2.34. The van der Waals surface area contributed by atoms with Crippen LogP contribution in [0.4, 0.5) is 0 Å². The molecule has 25 heavy (non-hydrogen) atoms. The molecule has 0 aliphatic carbocycles. The van der Waals surface area contributed by atoms with Crippen molar-refractivity contribution in [2.75, 3.05) is 6.54 Å². The van der Waals surface area contributed by atoms with Crippen LogP contribution in [-0.4, -0.2) is 42.6 Å². The summed E-state index contributed by atoms with van der Waals surface area (Å²) < 4.78 is 3.02. The number of amides is 2. The molecule has 8 nitrogen and oxygen atoms in total. The number of carbonyl (C=O) groups is 2. The van der Waals surface area contributed by atoms with Gasteiger partial charge in [0.25, 0.3) is 17.4 Å². The first-order chi connectivity index (χ1) is 12.1. The largest absolute Gasteiger partial charge is 0.299 e. The van der Waals surface area contributed by atoms with Crippen LogP contribution in [0, 0.1) is 0 Å². The van der Waals surface area contributed by atoms with Crippen LogP contribution in [0.5, 0.6) is 0 Å². The Morgan fingerprint density at radius 2 is 1.68 bits per heavy atom. The maximum Gasteiger partial charge on any atom is 0.264 e. The minimum atomic E-state index is -0.284. The first-order valence-corrected chi connectivity index (χ1v) is 7.90. The van der Waals surface area contributed by atoms with E-state index in [-0.39, 0.29) is 23.9 Å². The van der Waals surface area contributed by atoms with Crippen molar-refractivity contribution in [3.05, 3.63) is 58.3 Å². The molecular weight excluding hydrogens is 322 g/mol. The van der Waals surface area contributed by atoms with E-state index in [2.05, 4.69) is 10.1 Å². The van der Waals surface area contributed by atoms with E-state index in [0.717, 1.165) is 0 Å². The molecule has 0 unspecified atom stereocenters. The lowest BCUT2D eigenvalue weighted by molar-refractivity contribution is 0.0650. The fourth-order valence-corrected chi connectivity index (χ4v) is 3.07. The van der Waals surface area contributed by atoms with Crippen molar-refractivity contribution in [2.24, 2.45) is 7.05 Å². The summed E-state index contributed by atoms with van der Waals surface area (Å²) in [4.78, 5) is 42.5.